The molecule has 0 aromatic carbocycles. The Bertz CT molecular complexity index is 355. The minimum absolute atomic E-state index is 0.273. The Morgan fingerprint density at radius 1 is 1.36 bits per heavy atom. The first kappa shape index (κ1) is 9.52. The average Bonchev–Trinajstić information content (AvgIpc) is 2.00. The van der Waals surface area contributed by atoms with E-state index in [2.05, 4.69) is 4.98 Å². The number of halogens is 2. The predicted molar refractivity (Wildman–Crippen MR) is 49.0 cm³/mol. The average molecular weight is 198 g/mol. The van der Waals surface area contributed by atoms with Gasteiger partial charge in [-0.05, 0) is 18.1 Å². The number of hydrogen-bond donors (Lipinski definition) is 1. The second-order valence-electron chi connectivity index (χ2n) is 4.12. The highest BCUT2D eigenvalue weighted by molar-refractivity contribution is 5.28. The Labute approximate surface area is 81.1 Å². The molecule has 1 fully saturated rings. The molecule has 0 amide bonds. The lowest BCUT2D eigenvalue weighted by Crippen LogP contribution is -2.55. The summed E-state index contributed by atoms with van der Waals surface area (Å²) in [6.45, 7) is 1.87. The standard InChI is InChI=1S/C10H12F2N2/c1-7-2-8(4-14-3-7)9(13)5-10(11,12)6-9/h2-4H,5-6,13H2,1H3. The van der Waals surface area contributed by atoms with Crippen LogP contribution in [0, 0.1) is 6.92 Å². The number of nitrogens with two attached hydrogens (primary N) is 1. The highest BCUT2D eigenvalue weighted by Crippen LogP contribution is 2.49. The molecule has 1 aromatic rings. The van der Waals surface area contributed by atoms with Gasteiger partial charge >= 0.3 is 0 Å². The van der Waals surface area contributed by atoms with E-state index in [1.165, 1.54) is 0 Å². The second-order valence-corrected chi connectivity index (χ2v) is 4.12. The number of nitrogens with zero attached hydrogens (tertiary/aromatic N) is 1. The molecule has 1 aliphatic rings. The first-order valence-electron chi connectivity index (χ1n) is 4.50. The smallest absolute Gasteiger partial charge is 0.252 e. The van der Waals surface area contributed by atoms with Gasteiger partial charge in [0.1, 0.15) is 0 Å². The van der Waals surface area contributed by atoms with Crippen molar-refractivity contribution in [1.82, 2.24) is 4.98 Å². The molecule has 14 heavy (non-hydrogen) atoms. The van der Waals surface area contributed by atoms with Crippen molar-refractivity contribution in [2.75, 3.05) is 0 Å². The topological polar surface area (TPSA) is 38.9 Å². The zero-order valence-corrected chi connectivity index (χ0v) is 7.93. The summed E-state index contributed by atoms with van der Waals surface area (Å²) in [7, 11) is 0. The zero-order valence-electron chi connectivity index (χ0n) is 7.93. The molecule has 2 N–H and O–H groups in total. The molecule has 0 bridgehead atoms. The normalized spacial score (nSPS) is 22.9. The maximum absolute atomic E-state index is 12.7. The second kappa shape index (κ2) is 2.73. The van der Waals surface area contributed by atoms with Crippen molar-refractivity contribution in [2.24, 2.45) is 5.73 Å². The predicted octanol–water partition coefficient (Wildman–Crippen LogP) is 1.97. The van der Waals surface area contributed by atoms with Crippen LogP contribution in [-0.4, -0.2) is 10.9 Å². The highest BCUT2D eigenvalue weighted by atomic mass is 19.3. The first-order chi connectivity index (χ1) is 6.41. The molecule has 0 spiro atoms. The Kier molecular flexibility index (Phi) is 1.86. The van der Waals surface area contributed by atoms with Crippen LogP contribution in [0.1, 0.15) is 24.0 Å². The van der Waals surface area contributed by atoms with Crippen LogP contribution in [0.4, 0.5) is 8.78 Å². The summed E-state index contributed by atoms with van der Waals surface area (Å²) in [5.74, 6) is -2.60. The maximum Gasteiger partial charge on any atom is 0.252 e. The van der Waals surface area contributed by atoms with E-state index in [0.717, 1.165) is 5.56 Å². The van der Waals surface area contributed by atoms with Crippen LogP contribution in [0.3, 0.4) is 0 Å². The number of hydrogen-bond acceptors (Lipinski definition) is 2. The molecule has 0 atom stereocenters. The van der Waals surface area contributed by atoms with Gasteiger partial charge < -0.3 is 5.73 Å². The van der Waals surface area contributed by atoms with E-state index in [4.69, 9.17) is 5.73 Å². The van der Waals surface area contributed by atoms with Gasteiger partial charge in [0, 0.05) is 25.2 Å². The van der Waals surface area contributed by atoms with Crippen LogP contribution in [-0.2, 0) is 5.54 Å². The first-order valence-corrected chi connectivity index (χ1v) is 4.50. The van der Waals surface area contributed by atoms with Gasteiger partial charge in [0.25, 0.3) is 5.92 Å². The summed E-state index contributed by atoms with van der Waals surface area (Å²) in [5.41, 5.74) is 6.63. The molecular weight excluding hydrogens is 186 g/mol. The molecule has 1 aliphatic carbocycles. The molecule has 2 rings (SSSR count). The third-order valence-corrected chi connectivity index (χ3v) is 2.60. The Balaban J connectivity index is 2.25. The van der Waals surface area contributed by atoms with Crippen LogP contribution in [0.2, 0.25) is 0 Å². The van der Waals surface area contributed by atoms with Gasteiger partial charge in [-0.25, -0.2) is 8.78 Å². The van der Waals surface area contributed by atoms with Gasteiger partial charge in [-0.15, -0.1) is 0 Å². The molecule has 1 saturated carbocycles. The number of pyridine rings is 1. The van der Waals surface area contributed by atoms with E-state index in [1.807, 2.05) is 13.0 Å². The van der Waals surface area contributed by atoms with Crippen LogP contribution in [0.25, 0.3) is 0 Å². The quantitative estimate of drug-likeness (QED) is 0.749. The number of aromatic nitrogens is 1. The maximum atomic E-state index is 12.7. The summed E-state index contributed by atoms with van der Waals surface area (Å²) in [6.07, 6.45) is 2.71. The number of alkyl halides is 2. The molecule has 0 radical (unpaired) electrons. The van der Waals surface area contributed by atoms with Crippen molar-refractivity contribution in [3.05, 3.63) is 29.6 Å². The van der Waals surface area contributed by atoms with Gasteiger partial charge in [0.2, 0.25) is 0 Å². The zero-order chi connectivity index (χ0) is 10.4. The Morgan fingerprint density at radius 3 is 2.50 bits per heavy atom. The lowest BCUT2D eigenvalue weighted by Gasteiger charge is -2.44. The molecule has 0 unspecified atom stereocenters. The molecule has 0 aliphatic heterocycles. The molecule has 4 heteroatoms. The fourth-order valence-electron chi connectivity index (χ4n) is 1.90. The molecule has 76 valence electrons. The summed E-state index contributed by atoms with van der Waals surface area (Å²) < 4.78 is 25.4. The lowest BCUT2D eigenvalue weighted by atomic mass is 9.70. The van der Waals surface area contributed by atoms with Crippen molar-refractivity contribution in [1.29, 1.82) is 0 Å². The Hall–Kier alpha value is -1.03. The fraction of sp³-hybridized carbons (Fsp3) is 0.500. The van der Waals surface area contributed by atoms with Gasteiger partial charge in [-0.3, -0.25) is 4.98 Å². The van der Waals surface area contributed by atoms with E-state index >= 15 is 0 Å². The van der Waals surface area contributed by atoms with Gasteiger partial charge in [0.05, 0.1) is 5.54 Å². The van der Waals surface area contributed by atoms with E-state index in [-0.39, 0.29) is 12.8 Å². The van der Waals surface area contributed by atoms with Gasteiger partial charge in [-0.1, -0.05) is 6.07 Å². The van der Waals surface area contributed by atoms with Crippen molar-refractivity contribution in [3.8, 4) is 0 Å². The van der Waals surface area contributed by atoms with E-state index < -0.39 is 11.5 Å². The minimum atomic E-state index is -2.60. The summed E-state index contributed by atoms with van der Waals surface area (Å²) in [5, 5.41) is 0. The molecular formula is C10H12F2N2. The lowest BCUT2D eigenvalue weighted by molar-refractivity contribution is -0.125. The van der Waals surface area contributed by atoms with Crippen molar-refractivity contribution < 1.29 is 8.78 Å². The SMILES string of the molecule is Cc1cncc(C2(N)CC(F)(F)C2)c1. The number of rotatable bonds is 1. The third-order valence-electron chi connectivity index (χ3n) is 2.60. The van der Waals surface area contributed by atoms with Crippen LogP contribution < -0.4 is 5.73 Å². The van der Waals surface area contributed by atoms with Gasteiger partial charge in [-0.2, -0.15) is 0 Å². The molecule has 2 nitrogen and oxygen atoms in total. The Morgan fingerprint density at radius 2 is 2.00 bits per heavy atom. The third kappa shape index (κ3) is 1.50. The van der Waals surface area contributed by atoms with Crippen LogP contribution in [0.5, 0.6) is 0 Å². The van der Waals surface area contributed by atoms with E-state index in [1.54, 1.807) is 12.4 Å². The summed E-state index contributed by atoms with van der Waals surface area (Å²) in [4.78, 5) is 3.96. The molecule has 1 heterocycles. The number of aryl methyl sites for hydroxylation is 1. The minimum Gasteiger partial charge on any atom is -0.321 e. The van der Waals surface area contributed by atoms with E-state index in [0.29, 0.717) is 5.56 Å². The van der Waals surface area contributed by atoms with Crippen LogP contribution in [0.15, 0.2) is 18.5 Å². The van der Waals surface area contributed by atoms with Crippen LogP contribution >= 0.6 is 0 Å². The summed E-state index contributed by atoms with van der Waals surface area (Å²) >= 11 is 0. The summed E-state index contributed by atoms with van der Waals surface area (Å²) in [6, 6.07) is 1.82. The molecule has 0 saturated heterocycles. The highest BCUT2D eigenvalue weighted by Gasteiger charge is 2.55. The largest absolute Gasteiger partial charge is 0.321 e. The van der Waals surface area contributed by atoms with Crippen molar-refractivity contribution in [3.63, 3.8) is 0 Å². The molecule has 1 aromatic heterocycles. The fourth-order valence-corrected chi connectivity index (χ4v) is 1.90. The monoisotopic (exact) mass is 198 g/mol. The van der Waals surface area contributed by atoms with E-state index in [9.17, 15) is 8.78 Å². The van der Waals surface area contributed by atoms with Crippen molar-refractivity contribution in [2.45, 2.75) is 31.2 Å². The van der Waals surface area contributed by atoms with Crippen molar-refractivity contribution >= 4 is 0 Å². The van der Waals surface area contributed by atoms with Gasteiger partial charge in [0.15, 0.2) is 0 Å².